The number of benzene rings is 2. The first kappa shape index (κ1) is 23.9. The Hall–Kier alpha value is -4.27. The number of nitrogens with zero attached hydrogens (tertiary/aromatic N) is 1. The largest absolute Gasteiger partial charge is 0.466 e. The predicted molar refractivity (Wildman–Crippen MR) is 122 cm³/mol. The Morgan fingerprint density at radius 1 is 0.943 bits per heavy atom. The number of amides is 2. The number of imide groups is 1. The lowest BCUT2D eigenvalue weighted by molar-refractivity contribution is -0.139. The molecule has 1 N–H and O–H groups in total. The maximum absolute atomic E-state index is 14.1. The monoisotopic (exact) mass is 478 g/mol. The second kappa shape index (κ2) is 9.54. The molecule has 1 atom stereocenters. The Labute approximate surface area is 201 Å². The van der Waals surface area contributed by atoms with Gasteiger partial charge in [0, 0.05) is 11.4 Å². The molecule has 0 saturated heterocycles. The van der Waals surface area contributed by atoms with Gasteiger partial charge in [-0.3, -0.25) is 14.5 Å². The summed E-state index contributed by atoms with van der Waals surface area (Å²) >= 11 is 0. The van der Waals surface area contributed by atoms with Crippen molar-refractivity contribution in [2.45, 2.75) is 19.8 Å². The van der Waals surface area contributed by atoms with E-state index in [1.54, 1.807) is 44.2 Å². The standard InChI is InChI=1S/C26H23FN2O6/c1-14-20(25(32)34-3)22(16-7-6-8-17(27)13-16)21(15(2)28-14)26(33)35-12-11-29-23(30)18-9-4-5-10-19(18)24(29)31/h4-10,13,22,28H,11-12H2,1-3H3. The number of carbonyl (C=O) groups excluding carboxylic acids is 4. The number of hydrogen-bond donors (Lipinski definition) is 1. The van der Waals surface area contributed by atoms with Crippen molar-refractivity contribution in [1.29, 1.82) is 0 Å². The molecule has 2 amide bonds. The van der Waals surface area contributed by atoms with Crippen molar-refractivity contribution in [2.75, 3.05) is 20.3 Å². The van der Waals surface area contributed by atoms with Crippen LogP contribution < -0.4 is 5.32 Å². The molecule has 0 spiro atoms. The Bertz CT molecular complexity index is 1280. The molecule has 4 rings (SSSR count). The molecule has 2 heterocycles. The number of dihydropyridines is 1. The number of allylic oxidation sites excluding steroid dienone is 2. The van der Waals surface area contributed by atoms with Crippen LogP contribution in [-0.2, 0) is 19.1 Å². The van der Waals surface area contributed by atoms with Gasteiger partial charge in [-0.1, -0.05) is 24.3 Å². The molecule has 0 fully saturated rings. The molecule has 0 aromatic heterocycles. The van der Waals surface area contributed by atoms with Gasteiger partial charge in [-0.05, 0) is 43.7 Å². The van der Waals surface area contributed by atoms with Crippen molar-refractivity contribution in [3.63, 3.8) is 0 Å². The van der Waals surface area contributed by atoms with E-state index in [9.17, 15) is 23.6 Å². The Kier molecular flexibility index (Phi) is 6.50. The van der Waals surface area contributed by atoms with Crippen LogP contribution in [0.25, 0.3) is 0 Å². The lowest BCUT2D eigenvalue weighted by Gasteiger charge is -2.30. The zero-order chi connectivity index (χ0) is 25.3. The van der Waals surface area contributed by atoms with Crippen molar-refractivity contribution < 1.29 is 33.0 Å². The number of ether oxygens (including phenoxy) is 2. The van der Waals surface area contributed by atoms with Gasteiger partial charge in [0.25, 0.3) is 11.8 Å². The van der Waals surface area contributed by atoms with E-state index in [1.807, 2.05) is 0 Å². The fourth-order valence-electron chi connectivity index (χ4n) is 4.41. The van der Waals surface area contributed by atoms with Crippen molar-refractivity contribution in [1.82, 2.24) is 10.2 Å². The summed E-state index contributed by atoms with van der Waals surface area (Å²) in [6, 6.07) is 12.1. The highest BCUT2D eigenvalue weighted by Gasteiger charge is 2.39. The third kappa shape index (κ3) is 4.32. The van der Waals surface area contributed by atoms with E-state index in [4.69, 9.17) is 9.47 Å². The predicted octanol–water partition coefficient (Wildman–Crippen LogP) is 3.07. The van der Waals surface area contributed by atoms with Crippen LogP contribution in [0.3, 0.4) is 0 Å². The first-order chi connectivity index (χ1) is 16.7. The van der Waals surface area contributed by atoms with Gasteiger partial charge in [-0.25, -0.2) is 14.0 Å². The van der Waals surface area contributed by atoms with E-state index in [1.165, 1.54) is 25.3 Å². The lowest BCUT2D eigenvalue weighted by atomic mass is 9.80. The average molecular weight is 478 g/mol. The molecule has 0 saturated carbocycles. The van der Waals surface area contributed by atoms with E-state index < -0.39 is 35.5 Å². The molecule has 35 heavy (non-hydrogen) atoms. The molecule has 2 aliphatic heterocycles. The Morgan fingerprint density at radius 2 is 1.54 bits per heavy atom. The zero-order valence-electron chi connectivity index (χ0n) is 19.4. The molecule has 0 radical (unpaired) electrons. The van der Waals surface area contributed by atoms with Gasteiger partial charge < -0.3 is 14.8 Å². The Morgan fingerprint density at radius 3 is 2.11 bits per heavy atom. The third-order valence-electron chi connectivity index (χ3n) is 5.99. The summed E-state index contributed by atoms with van der Waals surface area (Å²) in [5, 5.41) is 2.99. The molecule has 9 heteroatoms. The van der Waals surface area contributed by atoms with Crippen molar-refractivity contribution in [3.05, 3.63) is 93.6 Å². The first-order valence-corrected chi connectivity index (χ1v) is 10.9. The minimum Gasteiger partial charge on any atom is -0.466 e. The summed E-state index contributed by atoms with van der Waals surface area (Å²) in [4.78, 5) is 51.9. The van der Waals surface area contributed by atoms with E-state index in [0.717, 1.165) is 4.90 Å². The van der Waals surface area contributed by atoms with Gasteiger partial charge >= 0.3 is 11.9 Å². The SMILES string of the molecule is COC(=O)C1=C(C)NC(C)=C(C(=O)OCCN2C(=O)c3ccccc3C2=O)C1c1cccc(F)c1. The summed E-state index contributed by atoms with van der Waals surface area (Å²) in [5.41, 5.74) is 2.11. The molecule has 2 aliphatic rings. The number of esters is 2. The molecule has 8 nitrogen and oxygen atoms in total. The van der Waals surface area contributed by atoms with Crippen LogP contribution in [0, 0.1) is 5.82 Å². The van der Waals surface area contributed by atoms with Crippen LogP contribution in [0.2, 0.25) is 0 Å². The molecule has 180 valence electrons. The molecule has 0 aliphatic carbocycles. The van der Waals surface area contributed by atoms with Crippen molar-refractivity contribution in [2.24, 2.45) is 0 Å². The highest BCUT2D eigenvalue weighted by Crippen LogP contribution is 2.39. The maximum Gasteiger partial charge on any atom is 0.336 e. The Balaban J connectivity index is 1.57. The molecular formula is C26H23FN2O6. The quantitative estimate of drug-likeness (QED) is 0.503. The molecule has 0 bridgehead atoms. The second-order valence-electron chi connectivity index (χ2n) is 8.13. The van der Waals surface area contributed by atoms with Gasteiger partial charge in [0.15, 0.2) is 0 Å². The summed E-state index contributed by atoms with van der Waals surface area (Å²) in [5.74, 6) is -3.82. The van der Waals surface area contributed by atoms with Crippen LogP contribution in [0.1, 0.15) is 46.0 Å². The lowest BCUT2D eigenvalue weighted by Crippen LogP contribution is -2.35. The van der Waals surface area contributed by atoms with E-state index >= 15 is 0 Å². The topological polar surface area (TPSA) is 102 Å². The number of nitrogens with one attached hydrogen (secondary N) is 1. The maximum atomic E-state index is 14.1. The number of halogens is 1. The smallest absolute Gasteiger partial charge is 0.336 e. The number of hydrogen-bond acceptors (Lipinski definition) is 7. The highest BCUT2D eigenvalue weighted by molar-refractivity contribution is 6.21. The van der Waals surface area contributed by atoms with E-state index in [2.05, 4.69) is 5.32 Å². The normalized spacial score (nSPS) is 17.4. The number of fused-ring (bicyclic) bond motifs is 1. The fourth-order valence-corrected chi connectivity index (χ4v) is 4.41. The van der Waals surface area contributed by atoms with E-state index in [0.29, 0.717) is 28.1 Å². The number of rotatable bonds is 6. The highest BCUT2D eigenvalue weighted by atomic mass is 19.1. The third-order valence-corrected chi connectivity index (χ3v) is 5.99. The van der Waals surface area contributed by atoms with Gasteiger partial charge in [0.05, 0.1) is 41.8 Å². The molecule has 2 aromatic carbocycles. The first-order valence-electron chi connectivity index (χ1n) is 10.9. The van der Waals surface area contributed by atoms with Crippen LogP contribution in [0.5, 0.6) is 0 Å². The fraction of sp³-hybridized carbons (Fsp3) is 0.231. The molecular weight excluding hydrogens is 455 g/mol. The summed E-state index contributed by atoms with van der Waals surface area (Å²) < 4.78 is 24.4. The minimum absolute atomic E-state index is 0.101. The van der Waals surface area contributed by atoms with Gasteiger partial charge in [0.1, 0.15) is 12.4 Å². The van der Waals surface area contributed by atoms with Crippen LogP contribution in [0.15, 0.2) is 71.1 Å². The molecule has 1 unspecified atom stereocenters. The average Bonchev–Trinajstić information content (AvgIpc) is 3.08. The zero-order valence-corrected chi connectivity index (χ0v) is 19.4. The molecule has 2 aromatic rings. The van der Waals surface area contributed by atoms with Crippen molar-refractivity contribution in [3.8, 4) is 0 Å². The van der Waals surface area contributed by atoms with Crippen molar-refractivity contribution >= 4 is 23.8 Å². The van der Waals surface area contributed by atoms with Gasteiger partial charge in [0.2, 0.25) is 0 Å². The minimum atomic E-state index is -0.939. The second-order valence-corrected chi connectivity index (χ2v) is 8.13. The summed E-state index contributed by atoms with van der Waals surface area (Å²) in [7, 11) is 1.22. The van der Waals surface area contributed by atoms with E-state index in [-0.39, 0.29) is 24.3 Å². The van der Waals surface area contributed by atoms with Gasteiger partial charge in [-0.2, -0.15) is 0 Å². The van der Waals surface area contributed by atoms with Crippen LogP contribution in [0.4, 0.5) is 4.39 Å². The number of methoxy groups -OCH3 is 1. The number of carbonyl (C=O) groups is 4. The summed E-state index contributed by atoms with van der Waals surface area (Å²) in [6.07, 6.45) is 0. The van der Waals surface area contributed by atoms with Crippen LogP contribution in [-0.4, -0.2) is 48.9 Å². The van der Waals surface area contributed by atoms with Gasteiger partial charge in [-0.15, -0.1) is 0 Å². The summed E-state index contributed by atoms with van der Waals surface area (Å²) in [6.45, 7) is 2.91. The van der Waals surface area contributed by atoms with Crippen LogP contribution >= 0.6 is 0 Å².